The molecule has 0 saturated carbocycles. The van der Waals surface area contributed by atoms with E-state index in [4.69, 9.17) is 10.8 Å². The maximum atomic E-state index is 12.5. The first-order chi connectivity index (χ1) is 5.24. The predicted molar refractivity (Wildman–Crippen MR) is 52.7 cm³/mol. The van der Waals surface area contributed by atoms with Crippen LogP contribution in [0.1, 0.15) is 11.6 Å². The molecule has 0 saturated heterocycles. The zero-order valence-electron chi connectivity index (χ0n) is 6.68. The van der Waals surface area contributed by atoms with Gasteiger partial charge in [-0.25, -0.2) is 4.39 Å². The topological polar surface area (TPSA) is 59.1 Å². The summed E-state index contributed by atoms with van der Waals surface area (Å²) in [6.45, 7) is -0.203. The number of halogens is 3. The maximum absolute atomic E-state index is 12.5. The van der Waals surface area contributed by atoms with Gasteiger partial charge in [-0.3, -0.25) is 4.98 Å². The van der Waals surface area contributed by atoms with E-state index in [2.05, 4.69) is 4.98 Å². The lowest BCUT2D eigenvalue weighted by Crippen LogP contribution is -2.14. The molecule has 0 unspecified atom stereocenters. The van der Waals surface area contributed by atoms with Gasteiger partial charge in [-0.15, -0.1) is 24.8 Å². The summed E-state index contributed by atoms with van der Waals surface area (Å²) in [5.41, 5.74) is 5.91. The molecular weight excluding hydrogens is 218 g/mol. The quantitative estimate of drug-likeness (QED) is 0.796. The van der Waals surface area contributed by atoms with Gasteiger partial charge in [0, 0.05) is 6.20 Å². The smallest absolute Gasteiger partial charge is 0.141 e. The van der Waals surface area contributed by atoms with E-state index in [1.165, 1.54) is 12.3 Å². The molecule has 0 spiro atoms. The Bertz CT molecular complexity index is 250. The van der Waals surface area contributed by atoms with Crippen LogP contribution < -0.4 is 5.73 Å². The zero-order valence-corrected chi connectivity index (χ0v) is 8.32. The number of pyridine rings is 1. The van der Waals surface area contributed by atoms with Gasteiger partial charge < -0.3 is 10.8 Å². The standard InChI is InChI=1S/C7H9FN2O.2ClH/c8-6-1-5(2-10-3-6)7(9)4-11;;/h1-3,7,11H,4,9H2;2*1H/t7-;;/m1../s1. The second kappa shape index (κ2) is 7.03. The van der Waals surface area contributed by atoms with E-state index in [-0.39, 0.29) is 31.4 Å². The normalized spacial score (nSPS) is 11.0. The first-order valence-electron chi connectivity index (χ1n) is 3.21. The third-order valence-corrected chi connectivity index (χ3v) is 1.35. The Hall–Kier alpha value is -0.420. The van der Waals surface area contributed by atoms with Crippen molar-refractivity contribution in [2.24, 2.45) is 5.73 Å². The first-order valence-corrected chi connectivity index (χ1v) is 3.21. The van der Waals surface area contributed by atoms with Gasteiger partial charge >= 0.3 is 0 Å². The largest absolute Gasteiger partial charge is 0.394 e. The zero-order chi connectivity index (χ0) is 8.27. The summed E-state index contributed by atoms with van der Waals surface area (Å²) in [4.78, 5) is 3.59. The summed E-state index contributed by atoms with van der Waals surface area (Å²) in [5, 5.41) is 8.60. The van der Waals surface area contributed by atoms with E-state index in [1.54, 1.807) is 0 Å². The number of aliphatic hydroxyl groups is 1. The second-order valence-corrected chi connectivity index (χ2v) is 2.23. The summed E-state index contributed by atoms with van der Waals surface area (Å²) in [6.07, 6.45) is 2.53. The van der Waals surface area contributed by atoms with Crippen molar-refractivity contribution in [2.45, 2.75) is 6.04 Å². The monoisotopic (exact) mass is 228 g/mol. The molecule has 0 radical (unpaired) electrons. The molecule has 1 heterocycles. The van der Waals surface area contributed by atoms with Gasteiger partial charge in [0.2, 0.25) is 0 Å². The minimum Gasteiger partial charge on any atom is -0.394 e. The van der Waals surface area contributed by atoms with E-state index < -0.39 is 11.9 Å². The molecule has 0 aromatic carbocycles. The molecule has 1 atom stereocenters. The summed E-state index contributed by atoms with van der Waals surface area (Å²) in [5.74, 6) is -0.439. The number of nitrogens with two attached hydrogens (primary N) is 1. The fourth-order valence-electron chi connectivity index (χ4n) is 0.736. The van der Waals surface area contributed by atoms with Crippen LogP contribution in [-0.4, -0.2) is 16.7 Å². The van der Waals surface area contributed by atoms with Crippen LogP contribution >= 0.6 is 24.8 Å². The maximum Gasteiger partial charge on any atom is 0.141 e. The van der Waals surface area contributed by atoms with Crippen molar-refractivity contribution in [3.63, 3.8) is 0 Å². The van der Waals surface area contributed by atoms with E-state index in [9.17, 15) is 4.39 Å². The fraction of sp³-hybridized carbons (Fsp3) is 0.286. The van der Waals surface area contributed by atoms with E-state index >= 15 is 0 Å². The van der Waals surface area contributed by atoms with Crippen molar-refractivity contribution in [3.05, 3.63) is 29.8 Å². The van der Waals surface area contributed by atoms with E-state index in [0.717, 1.165) is 6.20 Å². The molecule has 3 nitrogen and oxygen atoms in total. The molecule has 0 aliphatic rings. The molecular formula is C7H11Cl2FN2O. The van der Waals surface area contributed by atoms with Crippen molar-refractivity contribution in [1.82, 2.24) is 4.98 Å². The van der Waals surface area contributed by atoms with Crippen molar-refractivity contribution < 1.29 is 9.50 Å². The molecule has 3 N–H and O–H groups in total. The Labute approximate surface area is 88.0 Å². The lowest BCUT2D eigenvalue weighted by atomic mass is 10.1. The third-order valence-electron chi connectivity index (χ3n) is 1.35. The van der Waals surface area contributed by atoms with Crippen LogP contribution in [0.25, 0.3) is 0 Å². The highest BCUT2D eigenvalue weighted by Crippen LogP contribution is 2.08. The number of hydrogen-bond acceptors (Lipinski definition) is 3. The van der Waals surface area contributed by atoms with Crippen molar-refractivity contribution >= 4 is 24.8 Å². The number of nitrogens with zero attached hydrogens (tertiary/aromatic N) is 1. The Morgan fingerprint density at radius 1 is 1.46 bits per heavy atom. The lowest BCUT2D eigenvalue weighted by molar-refractivity contribution is 0.267. The van der Waals surface area contributed by atoms with Crippen molar-refractivity contribution in [2.75, 3.05) is 6.61 Å². The van der Waals surface area contributed by atoms with Gasteiger partial charge in [0.25, 0.3) is 0 Å². The molecule has 0 bridgehead atoms. The van der Waals surface area contributed by atoms with E-state index in [0.29, 0.717) is 5.56 Å². The summed E-state index contributed by atoms with van der Waals surface area (Å²) in [7, 11) is 0. The number of rotatable bonds is 2. The number of hydrogen-bond donors (Lipinski definition) is 2. The average molecular weight is 229 g/mol. The molecule has 0 fully saturated rings. The van der Waals surface area contributed by atoms with Crippen LogP contribution in [0.3, 0.4) is 0 Å². The Morgan fingerprint density at radius 3 is 2.54 bits per heavy atom. The van der Waals surface area contributed by atoms with Gasteiger partial charge in [-0.05, 0) is 11.6 Å². The minimum absolute atomic E-state index is 0. The van der Waals surface area contributed by atoms with Crippen LogP contribution in [0.15, 0.2) is 18.5 Å². The average Bonchev–Trinajstić information content (AvgIpc) is 2.03. The van der Waals surface area contributed by atoms with Crippen molar-refractivity contribution in [1.29, 1.82) is 0 Å². The van der Waals surface area contributed by atoms with Crippen LogP contribution in [-0.2, 0) is 0 Å². The molecule has 6 heteroatoms. The number of aromatic nitrogens is 1. The van der Waals surface area contributed by atoms with Crippen LogP contribution in [0.4, 0.5) is 4.39 Å². The summed E-state index contributed by atoms with van der Waals surface area (Å²) >= 11 is 0. The highest BCUT2D eigenvalue weighted by Gasteiger charge is 2.04. The number of aliphatic hydroxyl groups excluding tert-OH is 1. The molecule has 13 heavy (non-hydrogen) atoms. The van der Waals surface area contributed by atoms with Crippen LogP contribution in [0.5, 0.6) is 0 Å². The van der Waals surface area contributed by atoms with Gasteiger partial charge in [0.05, 0.1) is 18.8 Å². The molecule has 1 aromatic heterocycles. The van der Waals surface area contributed by atoms with Crippen molar-refractivity contribution in [3.8, 4) is 0 Å². The molecule has 1 aromatic rings. The molecule has 0 aliphatic heterocycles. The Balaban J connectivity index is 0. The molecule has 1 rings (SSSR count). The predicted octanol–water partition coefficient (Wildman–Crippen LogP) is 1.06. The van der Waals surface area contributed by atoms with Crippen LogP contribution in [0.2, 0.25) is 0 Å². The third kappa shape index (κ3) is 4.38. The van der Waals surface area contributed by atoms with Gasteiger partial charge in [-0.1, -0.05) is 0 Å². The first kappa shape index (κ1) is 15.1. The fourth-order valence-corrected chi connectivity index (χ4v) is 0.736. The summed E-state index contributed by atoms with van der Waals surface area (Å²) < 4.78 is 12.5. The molecule has 0 amide bonds. The summed E-state index contributed by atoms with van der Waals surface area (Å²) in [6, 6.07) is 0.714. The Morgan fingerprint density at radius 2 is 2.08 bits per heavy atom. The minimum atomic E-state index is -0.543. The van der Waals surface area contributed by atoms with E-state index in [1.807, 2.05) is 0 Å². The van der Waals surface area contributed by atoms with Crippen LogP contribution in [0, 0.1) is 5.82 Å². The SMILES string of the molecule is Cl.Cl.N[C@H](CO)c1cncc(F)c1. The molecule has 0 aliphatic carbocycles. The Kier molecular flexibility index (Phi) is 8.15. The van der Waals surface area contributed by atoms with Gasteiger partial charge in [-0.2, -0.15) is 0 Å². The highest BCUT2D eigenvalue weighted by molar-refractivity contribution is 5.85. The second-order valence-electron chi connectivity index (χ2n) is 2.23. The van der Waals surface area contributed by atoms with Gasteiger partial charge in [0.15, 0.2) is 0 Å². The molecule has 76 valence electrons. The lowest BCUT2D eigenvalue weighted by Gasteiger charge is -2.06. The highest BCUT2D eigenvalue weighted by atomic mass is 35.5. The van der Waals surface area contributed by atoms with Gasteiger partial charge in [0.1, 0.15) is 5.82 Å².